The molecule has 2 rings (SSSR count). The standard InChI is InChI=1S/C14H24N4O/c1-10(2)8-18-14(16-9-17-18)6-13(19)12-5-3-4-11(12)7-15/h9-12H,3-8,15H2,1-2H3. The summed E-state index contributed by atoms with van der Waals surface area (Å²) in [5.41, 5.74) is 5.75. The lowest BCUT2D eigenvalue weighted by atomic mass is 9.90. The highest BCUT2D eigenvalue weighted by molar-refractivity contribution is 5.83. The van der Waals surface area contributed by atoms with Crippen LogP contribution in [0.25, 0.3) is 0 Å². The summed E-state index contributed by atoms with van der Waals surface area (Å²) in [7, 11) is 0. The minimum atomic E-state index is 0.134. The second-order valence-corrected chi connectivity index (χ2v) is 5.93. The fraction of sp³-hybridized carbons (Fsp3) is 0.786. The highest BCUT2D eigenvalue weighted by atomic mass is 16.1. The maximum Gasteiger partial charge on any atom is 0.143 e. The van der Waals surface area contributed by atoms with Crippen LogP contribution in [0.3, 0.4) is 0 Å². The number of nitrogens with zero attached hydrogens (tertiary/aromatic N) is 3. The SMILES string of the molecule is CC(C)Cn1ncnc1CC(=O)C1CCCC1CN. The number of hydrogen-bond acceptors (Lipinski definition) is 4. The van der Waals surface area contributed by atoms with Crippen LogP contribution in [0.2, 0.25) is 0 Å². The topological polar surface area (TPSA) is 73.8 Å². The fourth-order valence-corrected chi connectivity index (χ4v) is 2.95. The third-order valence-corrected chi connectivity index (χ3v) is 3.94. The highest BCUT2D eigenvalue weighted by Crippen LogP contribution is 2.32. The average molecular weight is 264 g/mol. The van der Waals surface area contributed by atoms with Crippen molar-refractivity contribution in [2.24, 2.45) is 23.5 Å². The monoisotopic (exact) mass is 264 g/mol. The Hall–Kier alpha value is -1.23. The molecule has 1 saturated carbocycles. The van der Waals surface area contributed by atoms with Crippen LogP contribution in [0, 0.1) is 17.8 Å². The maximum absolute atomic E-state index is 12.4. The predicted molar refractivity (Wildman–Crippen MR) is 73.5 cm³/mol. The van der Waals surface area contributed by atoms with Gasteiger partial charge in [-0.3, -0.25) is 4.79 Å². The molecule has 5 heteroatoms. The molecule has 0 amide bonds. The van der Waals surface area contributed by atoms with Crippen LogP contribution < -0.4 is 5.73 Å². The molecule has 0 aliphatic heterocycles. The molecular weight excluding hydrogens is 240 g/mol. The van der Waals surface area contributed by atoms with Crippen molar-refractivity contribution in [3.63, 3.8) is 0 Å². The maximum atomic E-state index is 12.4. The molecule has 2 atom stereocenters. The molecule has 0 radical (unpaired) electrons. The number of Topliss-reactive ketones (excluding diaryl/α,β-unsaturated/α-hetero) is 1. The molecule has 0 spiro atoms. The zero-order valence-corrected chi connectivity index (χ0v) is 11.9. The molecule has 5 nitrogen and oxygen atoms in total. The first-order valence-electron chi connectivity index (χ1n) is 7.21. The van der Waals surface area contributed by atoms with Crippen molar-refractivity contribution in [3.05, 3.63) is 12.2 Å². The second-order valence-electron chi connectivity index (χ2n) is 5.93. The molecule has 0 aromatic carbocycles. The van der Waals surface area contributed by atoms with Gasteiger partial charge in [0.05, 0.1) is 6.42 Å². The summed E-state index contributed by atoms with van der Waals surface area (Å²) in [6, 6.07) is 0. The zero-order chi connectivity index (χ0) is 13.8. The predicted octanol–water partition coefficient (Wildman–Crippen LogP) is 1.42. The van der Waals surface area contributed by atoms with Gasteiger partial charge in [0, 0.05) is 12.5 Å². The van der Waals surface area contributed by atoms with Gasteiger partial charge >= 0.3 is 0 Å². The molecule has 0 saturated heterocycles. The molecule has 1 aliphatic carbocycles. The first-order chi connectivity index (χ1) is 9.11. The summed E-state index contributed by atoms with van der Waals surface area (Å²) in [6.45, 7) is 5.70. The Kier molecular flexibility index (Phi) is 4.69. The smallest absolute Gasteiger partial charge is 0.143 e. The van der Waals surface area contributed by atoms with E-state index in [2.05, 4.69) is 23.9 Å². The van der Waals surface area contributed by atoms with Gasteiger partial charge in [-0.25, -0.2) is 9.67 Å². The van der Waals surface area contributed by atoms with Crippen molar-refractivity contribution in [1.29, 1.82) is 0 Å². The Morgan fingerprint density at radius 3 is 3.00 bits per heavy atom. The molecule has 1 fully saturated rings. The van der Waals surface area contributed by atoms with E-state index in [1.165, 1.54) is 0 Å². The Morgan fingerprint density at radius 1 is 1.53 bits per heavy atom. The first kappa shape index (κ1) is 14.2. The zero-order valence-electron chi connectivity index (χ0n) is 11.9. The molecule has 19 heavy (non-hydrogen) atoms. The third-order valence-electron chi connectivity index (χ3n) is 3.94. The van der Waals surface area contributed by atoms with Crippen LogP contribution in [-0.2, 0) is 17.8 Å². The average Bonchev–Trinajstić information content (AvgIpc) is 2.97. The van der Waals surface area contributed by atoms with E-state index in [0.29, 0.717) is 24.8 Å². The van der Waals surface area contributed by atoms with Crippen LogP contribution in [0.5, 0.6) is 0 Å². The van der Waals surface area contributed by atoms with Crippen LogP contribution in [0.15, 0.2) is 6.33 Å². The van der Waals surface area contributed by atoms with Gasteiger partial charge < -0.3 is 5.73 Å². The van der Waals surface area contributed by atoms with Gasteiger partial charge in [0.2, 0.25) is 0 Å². The Morgan fingerprint density at radius 2 is 2.32 bits per heavy atom. The number of ketones is 1. The summed E-state index contributed by atoms with van der Waals surface area (Å²) in [4.78, 5) is 16.6. The van der Waals surface area contributed by atoms with E-state index < -0.39 is 0 Å². The van der Waals surface area contributed by atoms with Crippen LogP contribution in [0.4, 0.5) is 0 Å². The van der Waals surface area contributed by atoms with E-state index in [1.807, 2.05) is 4.68 Å². The number of carbonyl (C=O) groups excluding carboxylic acids is 1. The van der Waals surface area contributed by atoms with Crippen molar-refractivity contribution in [3.8, 4) is 0 Å². The number of rotatable bonds is 6. The lowest BCUT2D eigenvalue weighted by molar-refractivity contribution is -0.123. The molecule has 1 aliphatic rings. The highest BCUT2D eigenvalue weighted by Gasteiger charge is 2.32. The molecule has 2 N–H and O–H groups in total. The van der Waals surface area contributed by atoms with Gasteiger partial charge in [-0.1, -0.05) is 20.3 Å². The van der Waals surface area contributed by atoms with E-state index in [4.69, 9.17) is 5.73 Å². The largest absolute Gasteiger partial charge is 0.330 e. The lowest BCUT2D eigenvalue weighted by Crippen LogP contribution is -2.27. The van der Waals surface area contributed by atoms with E-state index in [-0.39, 0.29) is 11.7 Å². The summed E-state index contributed by atoms with van der Waals surface area (Å²) in [6.07, 6.45) is 5.13. The Balaban J connectivity index is 2.00. The van der Waals surface area contributed by atoms with E-state index >= 15 is 0 Å². The van der Waals surface area contributed by atoms with Gasteiger partial charge in [0.25, 0.3) is 0 Å². The quantitative estimate of drug-likeness (QED) is 0.843. The second kappa shape index (κ2) is 6.28. The third kappa shape index (κ3) is 3.41. The van der Waals surface area contributed by atoms with E-state index in [0.717, 1.165) is 31.6 Å². The van der Waals surface area contributed by atoms with Crippen molar-refractivity contribution < 1.29 is 4.79 Å². The van der Waals surface area contributed by atoms with Crippen LogP contribution >= 0.6 is 0 Å². The van der Waals surface area contributed by atoms with Gasteiger partial charge in [-0.15, -0.1) is 0 Å². The minimum absolute atomic E-state index is 0.134. The molecule has 1 aromatic rings. The Bertz CT molecular complexity index is 427. The van der Waals surface area contributed by atoms with Crippen LogP contribution in [-0.4, -0.2) is 27.1 Å². The van der Waals surface area contributed by atoms with Crippen LogP contribution in [0.1, 0.15) is 38.9 Å². The first-order valence-corrected chi connectivity index (χ1v) is 7.21. The summed E-state index contributed by atoms with van der Waals surface area (Å²) < 4.78 is 1.86. The van der Waals surface area contributed by atoms with Gasteiger partial charge in [0.15, 0.2) is 0 Å². The van der Waals surface area contributed by atoms with E-state index in [1.54, 1.807) is 6.33 Å². The van der Waals surface area contributed by atoms with Gasteiger partial charge in [-0.2, -0.15) is 5.10 Å². The van der Waals surface area contributed by atoms with Crippen molar-refractivity contribution in [2.75, 3.05) is 6.54 Å². The minimum Gasteiger partial charge on any atom is -0.330 e. The summed E-state index contributed by atoms with van der Waals surface area (Å²) >= 11 is 0. The number of aromatic nitrogens is 3. The summed E-state index contributed by atoms with van der Waals surface area (Å²) in [5, 5.41) is 4.20. The van der Waals surface area contributed by atoms with Crippen molar-refractivity contribution >= 4 is 5.78 Å². The van der Waals surface area contributed by atoms with E-state index in [9.17, 15) is 4.79 Å². The van der Waals surface area contributed by atoms with Crippen molar-refractivity contribution in [1.82, 2.24) is 14.8 Å². The normalized spacial score (nSPS) is 23.2. The lowest BCUT2D eigenvalue weighted by Gasteiger charge is -2.16. The number of hydrogen-bond donors (Lipinski definition) is 1. The van der Waals surface area contributed by atoms with Gasteiger partial charge in [0.1, 0.15) is 17.9 Å². The Labute approximate surface area is 114 Å². The van der Waals surface area contributed by atoms with Gasteiger partial charge in [-0.05, 0) is 31.2 Å². The fourth-order valence-electron chi connectivity index (χ4n) is 2.95. The number of carbonyl (C=O) groups is 1. The summed E-state index contributed by atoms with van der Waals surface area (Å²) in [5.74, 6) is 2.08. The molecule has 106 valence electrons. The molecule has 1 heterocycles. The molecule has 1 aromatic heterocycles. The van der Waals surface area contributed by atoms with Crippen molar-refractivity contribution in [2.45, 2.75) is 46.1 Å². The molecular formula is C14H24N4O. The molecule has 0 bridgehead atoms. The molecule has 2 unspecified atom stereocenters. The number of nitrogens with two attached hydrogens (primary N) is 1.